The third-order valence-corrected chi connectivity index (χ3v) is 5.02. The Morgan fingerprint density at radius 3 is 2.40 bits per heavy atom. The molecule has 0 amide bonds. The lowest BCUT2D eigenvalue weighted by molar-refractivity contribution is -0.387. The lowest BCUT2D eigenvalue weighted by Crippen LogP contribution is -2.28. The number of halogens is 1. The molecule has 0 radical (unpaired) electrons. The molecule has 0 aliphatic heterocycles. The van der Waals surface area contributed by atoms with E-state index >= 15 is 0 Å². The molecule has 0 saturated carbocycles. The van der Waals surface area contributed by atoms with Crippen molar-refractivity contribution >= 4 is 21.2 Å². The molecule has 25 heavy (non-hydrogen) atoms. The number of nitrogens with zero attached hydrogens (tertiary/aromatic N) is 1. The summed E-state index contributed by atoms with van der Waals surface area (Å²) >= 11 is 0. The van der Waals surface area contributed by atoms with Gasteiger partial charge in [-0.15, -0.1) is 0 Å². The van der Waals surface area contributed by atoms with Gasteiger partial charge in [-0.25, -0.2) is 12.8 Å². The number of hydrogen-bond acceptors (Lipinski definition) is 5. The van der Waals surface area contributed by atoms with Crippen LogP contribution < -0.4 is 5.32 Å². The van der Waals surface area contributed by atoms with Crippen LogP contribution in [0.2, 0.25) is 0 Å². The molecule has 2 aromatic carbocycles. The van der Waals surface area contributed by atoms with Crippen LogP contribution in [0.15, 0.2) is 47.4 Å². The second-order valence-electron chi connectivity index (χ2n) is 6.43. The summed E-state index contributed by atoms with van der Waals surface area (Å²) in [7, 11) is -3.76. The van der Waals surface area contributed by atoms with Gasteiger partial charge in [-0.05, 0) is 23.8 Å². The zero-order valence-corrected chi connectivity index (χ0v) is 14.9. The fourth-order valence-electron chi connectivity index (χ4n) is 2.50. The van der Waals surface area contributed by atoms with E-state index in [9.17, 15) is 22.9 Å². The predicted molar refractivity (Wildman–Crippen MR) is 94.1 cm³/mol. The molecule has 0 spiro atoms. The van der Waals surface area contributed by atoms with Crippen LogP contribution in [0, 0.1) is 15.9 Å². The Labute approximate surface area is 145 Å². The van der Waals surface area contributed by atoms with Crippen molar-refractivity contribution in [2.45, 2.75) is 24.2 Å². The number of rotatable bonds is 6. The van der Waals surface area contributed by atoms with Crippen LogP contribution >= 0.6 is 0 Å². The highest BCUT2D eigenvalue weighted by Gasteiger charge is 2.25. The highest BCUT2D eigenvalue weighted by molar-refractivity contribution is 7.90. The van der Waals surface area contributed by atoms with Crippen molar-refractivity contribution < 1.29 is 17.7 Å². The van der Waals surface area contributed by atoms with E-state index in [0.717, 1.165) is 12.3 Å². The third kappa shape index (κ3) is 4.33. The molecule has 0 aliphatic rings. The van der Waals surface area contributed by atoms with Crippen molar-refractivity contribution in [1.29, 1.82) is 0 Å². The van der Waals surface area contributed by atoms with E-state index in [2.05, 4.69) is 5.32 Å². The van der Waals surface area contributed by atoms with Crippen molar-refractivity contribution in [3.05, 3.63) is 64.0 Å². The first kappa shape index (κ1) is 18.9. The lowest BCUT2D eigenvalue weighted by atomic mass is 9.84. The quantitative estimate of drug-likeness (QED) is 0.624. The van der Waals surface area contributed by atoms with E-state index in [1.54, 1.807) is 18.2 Å². The van der Waals surface area contributed by atoms with E-state index in [1.165, 1.54) is 18.2 Å². The Bertz CT molecular complexity index is 911. The second-order valence-corrected chi connectivity index (χ2v) is 8.41. The molecule has 0 bridgehead atoms. The van der Waals surface area contributed by atoms with Crippen molar-refractivity contribution in [3.63, 3.8) is 0 Å². The normalized spacial score (nSPS) is 12.0. The van der Waals surface area contributed by atoms with Crippen LogP contribution in [0.5, 0.6) is 0 Å². The Morgan fingerprint density at radius 1 is 1.20 bits per heavy atom. The maximum atomic E-state index is 14.0. The van der Waals surface area contributed by atoms with E-state index in [-0.39, 0.29) is 10.7 Å². The van der Waals surface area contributed by atoms with Gasteiger partial charge in [-0.1, -0.05) is 32.0 Å². The van der Waals surface area contributed by atoms with Crippen molar-refractivity contribution in [1.82, 2.24) is 0 Å². The molecule has 0 aromatic heterocycles. The highest BCUT2D eigenvalue weighted by atomic mass is 32.2. The van der Waals surface area contributed by atoms with Gasteiger partial charge >= 0.3 is 0 Å². The molecule has 0 atom stereocenters. The zero-order chi connectivity index (χ0) is 18.8. The minimum Gasteiger partial charge on any atom is -0.384 e. The number of nitrogens with one attached hydrogen (secondary N) is 1. The molecule has 0 heterocycles. The fraction of sp³-hybridized carbons (Fsp3) is 0.294. The molecular formula is C17H19FN2O4S. The average Bonchev–Trinajstić information content (AvgIpc) is 2.52. The van der Waals surface area contributed by atoms with E-state index in [0.29, 0.717) is 17.8 Å². The Morgan fingerprint density at radius 2 is 1.84 bits per heavy atom. The van der Waals surface area contributed by atoms with Crippen molar-refractivity contribution in [3.8, 4) is 0 Å². The van der Waals surface area contributed by atoms with Gasteiger partial charge < -0.3 is 5.32 Å². The van der Waals surface area contributed by atoms with Gasteiger partial charge in [0, 0.05) is 30.0 Å². The second kappa shape index (κ2) is 6.79. The molecule has 0 fully saturated rings. The van der Waals surface area contributed by atoms with Crippen LogP contribution in [0.25, 0.3) is 0 Å². The maximum Gasteiger partial charge on any atom is 0.288 e. The standard InChI is InChI=1S/C17H19FN2O4S/c1-17(2,13-6-4-5-7-14(13)18)11-19-12-8-9-15(20(21)22)16(10-12)25(3,23)24/h4-10,19H,11H2,1-3H3. The number of benzene rings is 2. The number of hydrogen-bond donors (Lipinski definition) is 1. The first-order chi connectivity index (χ1) is 11.5. The van der Waals surface area contributed by atoms with Gasteiger partial charge in [-0.3, -0.25) is 10.1 Å². The van der Waals surface area contributed by atoms with Crippen molar-refractivity contribution in [2.24, 2.45) is 0 Å². The van der Waals surface area contributed by atoms with Crippen LogP contribution in [-0.2, 0) is 15.3 Å². The Kier molecular flexibility index (Phi) is 5.12. The van der Waals surface area contributed by atoms with Gasteiger partial charge in [0.25, 0.3) is 5.69 Å². The predicted octanol–water partition coefficient (Wildman–Crippen LogP) is 3.53. The Balaban J connectivity index is 2.30. The van der Waals surface area contributed by atoms with E-state index in [1.807, 2.05) is 13.8 Å². The first-order valence-corrected chi connectivity index (χ1v) is 9.39. The molecule has 8 heteroatoms. The summed E-state index contributed by atoms with van der Waals surface area (Å²) in [5, 5.41) is 14.0. The molecule has 134 valence electrons. The van der Waals surface area contributed by atoms with Crippen LogP contribution in [0.3, 0.4) is 0 Å². The minimum absolute atomic E-state index is 0.314. The SMILES string of the molecule is CC(C)(CNc1ccc([N+](=O)[O-])c(S(C)(=O)=O)c1)c1ccccc1F. The number of nitro groups is 1. The Hall–Kier alpha value is -2.48. The number of sulfone groups is 1. The smallest absolute Gasteiger partial charge is 0.288 e. The van der Waals surface area contributed by atoms with Gasteiger partial charge in [0.2, 0.25) is 0 Å². The molecule has 0 aliphatic carbocycles. The topological polar surface area (TPSA) is 89.3 Å². The summed E-state index contributed by atoms with van der Waals surface area (Å²) in [6.45, 7) is 4.01. The van der Waals surface area contributed by atoms with Crippen molar-refractivity contribution in [2.75, 3.05) is 18.1 Å². The molecule has 2 rings (SSSR count). The average molecular weight is 366 g/mol. The summed E-state index contributed by atoms with van der Waals surface area (Å²) in [6.07, 6.45) is 0.919. The van der Waals surface area contributed by atoms with Crippen LogP contribution in [0.1, 0.15) is 19.4 Å². The fourth-order valence-corrected chi connectivity index (χ4v) is 3.36. The zero-order valence-electron chi connectivity index (χ0n) is 14.1. The number of nitro benzene ring substituents is 1. The van der Waals surface area contributed by atoms with Gasteiger partial charge in [-0.2, -0.15) is 0 Å². The van der Waals surface area contributed by atoms with E-state index < -0.39 is 25.9 Å². The van der Waals surface area contributed by atoms with Gasteiger partial charge in [0.05, 0.1) is 4.92 Å². The van der Waals surface area contributed by atoms with Gasteiger partial charge in [0.15, 0.2) is 9.84 Å². The van der Waals surface area contributed by atoms with Crippen LogP contribution in [-0.4, -0.2) is 26.1 Å². The molecule has 6 nitrogen and oxygen atoms in total. The van der Waals surface area contributed by atoms with Gasteiger partial charge in [0.1, 0.15) is 10.7 Å². The molecule has 2 aromatic rings. The summed E-state index contributed by atoms with van der Waals surface area (Å²) in [5.74, 6) is -0.324. The monoisotopic (exact) mass is 366 g/mol. The summed E-state index contributed by atoms with van der Waals surface area (Å²) < 4.78 is 37.6. The molecule has 1 N–H and O–H groups in total. The van der Waals surface area contributed by atoms with E-state index in [4.69, 9.17) is 0 Å². The lowest BCUT2D eigenvalue weighted by Gasteiger charge is -2.26. The molecular weight excluding hydrogens is 347 g/mol. The summed E-state index contributed by atoms with van der Waals surface area (Å²) in [6, 6.07) is 10.2. The van der Waals surface area contributed by atoms with Crippen LogP contribution in [0.4, 0.5) is 15.8 Å². The molecule has 0 saturated heterocycles. The molecule has 0 unspecified atom stereocenters. The number of anilines is 1. The third-order valence-electron chi connectivity index (χ3n) is 3.89. The summed E-state index contributed by atoms with van der Waals surface area (Å²) in [4.78, 5) is 9.91. The highest BCUT2D eigenvalue weighted by Crippen LogP contribution is 2.29. The maximum absolute atomic E-state index is 14.0. The largest absolute Gasteiger partial charge is 0.384 e. The summed E-state index contributed by atoms with van der Waals surface area (Å²) in [5.41, 5.74) is -0.108. The first-order valence-electron chi connectivity index (χ1n) is 7.50. The minimum atomic E-state index is -3.76.